The Labute approximate surface area is 179 Å². The fourth-order valence-electron chi connectivity index (χ4n) is 2.59. The molecule has 0 aliphatic heterocycles. The molecule has 0 fully saturated rings. The van der Waals surface area contributed by atoms with Gasteiger partial charge >= 0.3 is 0 Å². The van der Waals surface area contributed by atoms with E-state index in [0.29, 0.717) is 36.3 Å². The lowest BCUT2D eigenvalue weighted by Crippen LogP contribution is -2.37. The lowest BCUT2D eigenvalue weighted by Gasteiger charge is -2.19. The van der Waals surface area contributed by atoms with Crippen LogP contribution in [0.25, 0.3) is 11.3 Å². The Hall–Kier alpha value is -2.25. The van der Waals surface area contributed by atoms with E-state index < -0.39 is 6.10 Å². The highest BCUT2D eigenvalue weighted by atomic mass is 32.1. The standard InChI is InChI=1S/C22H32N4O2S/c1-15(2)11-12-24-21(27)16(3)28-22-20(25-13-18(23)14-29)10-9-19(26-22)17-7-5-4-6-8-17/h4-10,15-16,18,25,29H,11-14,23H2,1-3H3,(H,24,27). The maximum atomic E-state index is 12.4. The first kappa shape index (κ1) is 23.0. The third kappa shape index (κ3) is 7.59. The van der Waals surface area contributed by atoms with Gasteiger partial charge in [-0.1, -0.05) is 44.2 Å². The first-order valence-corrected chi connectivity index (χ1v) is 10.6. The van der Waals surface area contributed by atoms with Crippen LogP contribution in [0.1, 0.15) is 27.2 Å². The number of anilines is 1. The van der Waals surface area contributed by atoms with Crippen molar-refractivity contribution in [2.75, 3.05) is 24.2 Å². The molecule has 4 N–H and O–H groups in total. The van der Waals surface area contributed by atoms with Gasteiger partial charge in [-0.3, -0.25) is 4.79 Å². The number of pyridine rings is 1. The fraction of sp³-hybridized carbons (Fsp3) is 0.455. The van der Waals surface area contributed by atoms with Gasteiger partial charge in [0.05, 0.1) is 11.4 Å². The maximum Gasteiger partial charge on any atom is 0.260 e. The Kier molecular flexibility index (Phi) is 9.28. The van der Waals surface area contributed by atoms with Crippen LogP contribution in [-0.4, -0.2) is 41.9 Å². The molecular weight excluding hydrogens is 384 g/mol. The average Bonchev–Trinajstić information content (AvgIpc) is 2.72. The molecule has 2 rings (SSSR count). The number of nitrogens with two attached hydrogens (primary N) is 1. The van der Waals surface area contributed by atoms with Crippen molar-refractivity contribution in [3.63, 3.8) is 0 Å². The molecule has 158 valence electrons. The summed E-state index contributed by atoms with van der Waals surface area (Å²) in [5.74, 6) is 1.32. The fourth-order valence-corrected chi connectivity index (χ4v) is 2.72. The second-order valence-electron chi connectivity index (χ2n) is 7.47. The van der Waals surface area contributed by atoms with E-state index in [1.54, 1.807) is 6.92 Å². The molecule has 7 heteroatoms. The molecule has 0 saturated carbocycles. The van der Waals surface area contributed by atoms with Crippen LogP contribution in [0.15, 0.2) is 42.5 Å². The van der Waals surface area contributed by atoms with E-state index in [1.807, 2.05) is 42.5 Å². The number of hydrogen-bond acceptors (Lipinski definition) is 6. The molecule has 0 spiro atoms. The first-order chi connectivity index (χ1) is 13.9. The van der Waals surface area contributed by atoms with Crippen molar-refractivity contribution >= 4 is 24.2 Å². The van der Waals surface area contributed by atoms with Crippen molar-refractivity contribution in [1.82, 2.24) is 10.3 Å². The summed E-state index contributed by atoms with van der Waals surface area (Å²) in [6.45, 7) is 7.13. The number of hydrogen-bond donors (Lipinski definition) is 4. The Morgan fingerprint density at radius 1 is 1.17 bits per heavy atom. The Bertz CT molecular complexity index is 771. The topological polar surface area (TPSA) is 89.3 Å². The molecule has 2 aromatic rings. The number of benzene rings is 1. The molecule has 1 amide bonds. The summed E-state index contributed by atoms with van der Waals surface area (Å²) in [5.41, 5.74) is 8.41. The predicted molar refractivity (Wildman–Crippen MR) is 123 cm³/mol. The van der Waals surface area contributed by atoms with E-state index in [9.17, 15) is 4.79 Å². The zero-order chi connectivity index (χ0) is 21.2. The quantitative estimate of drug-likeness (QED) is 0.422. The van der Waals surface area contributed by atoms with Crippen LogP contribution in [0.4, 0.5) is 5.69 Å². The Morgan fingerprint density at radius 2 is 1.90 bits per heavy atom. The molecule has 0 saturated heterocycles. The summed E-state index contributed by atoms with van der Waals surface area (Å²) < 4.78 is 5.95. The highest BCUT2D eigenvalue weighted by Gasteiger charge is 2.18. The third-order valence-corrected chi connectivity index (χ3v) is 4.87. The number of carbonyl (C=O) groups excluding carboxylic acids is 1. The number of carbonyl (C=O) groups is 1. The van der Waals surface area contributed by atoms with E-state index in [0.717, 1.165) is 17.7 Å². The highest BCUT2D eigenvalue weighted by Crippen LogP contribution is 2.28. The maximum absolute atomic E-state index is 12.4. The van der Waals surface area contributed by atoms with Gasteiger partial charge in [0.15, 0.2) is 6.10 Å². The van der Waals surface area contributed by atoms with Crippen molar-refractivity contribution in [2.45, 2.75) is 39.3 Å². The molecular formula is C22H32N4O2S. The van der Waals surface area contributed by atoms with E-state index in [4.69, 9.17) is 10.5 Å². The zero-order valence-electron chi connectivity index (χ0n) is 17.4. The van der Waals surface area contributed by atoms with Crippen LogP contribution >= 0.6 is 12.6 Å². The van der Waals surface area contributed by atoms with Crippen molar-refractivity contribution in [3.8, 4) is 17.1 Å². The van der Waals surface area contributed by atoms with Crippen LogP contribution in [0.5, 0.6) is 5.88 Å². The minimum absolute atomic E-state index is 0.100. The summed E-state index contributed by atoms with van der Waals surface area (Å²) in [6.07, 6.45) is 0.258. The van der Waals surface area contributed by atoms with E-state index >= 15 is 0 Å². The predicted octanol–water partition coefficient (Wildman–Crippen LogP) is 3.35. The summed E-state index contributed by atoms with van der Waals surface area (Å²) in [7, 11) is 0. The lowest BCUT2D eigenvalue weighted by atomic mass is 10.1. The number of ether oxygens (including phenoxy) is 1. The molecule has 1 aromatic heterocycles. The van der Waals surface area contributed by atoms with E-state index in [1.165, 1.54) is 0 Å². The van der Waals surface area contributed by atoms with Crippen LogP contribution in [-0.2, 0) is 4.79 Å². The zero-order valence-corrected chi connectivity index (χ0v) is 18.3. The molecule has 6 nitrogen and oxygen atoms in total. The number of thiol groups is 1. The van der Waals surface area contributed by atoms with Gasteiger partial charge in [0.25, 0.3) is 5.91 Å². The second-order valence-corrected chi connectivity index (χ2v) is 7.84. The van der Waals surface area contributed by atoms with Crippen molar-refractivity contribution in [3.05, 3.63) is 42.5 Å². The van der Waals surface area contributed by atoms with Crippen LogP contribution < -0.4 is 21.1 Å². The molecule has 29 heavy (non-hydrogen) atoms. The van der Waals surface area contributed by atoms with Crippen molar-refractivity contribution < 1.29 is 9.53 Å². The molecule has 2 unspecified atom stereocenters. The van der Waals surface area contributed by atoms with Gasteiger partial charge in [0.2, 0.25) is 5.88 Å². The normalized spacial score (nSPS) is 13.0. The molecule has 0 aliphatic carbocycles. The number of amides is 1. The van der Waals surface area contributed by atoms with Crippen molar-refractivity contribution in [1.29, 1.82) is 0 Å². The number of nitrogens with one attached hydrogen (secondary N) is 2. The minimum atomic E-state index is -0.667. The minimum Gasteiger partial charge on any atom is -0.463 e. The molecule has 2 atom stereocenters. The largest absolute Gasteiger partial charge is 0.463 e. The first-order valence-electron chi connectivity index (χ1n) is 10.0. The summed E-state index contributed by atoms with van der Waals surface area (Å²) in [4.78, 5) is 17.0. The van der Waals surface area contributed by atoms with Gasteiger partial charge in [0, 0.05) is 30.4 Å². The second kappa shape index (κ2) is 11.7. The summed E-state index contributed by atoms with van der Waals surface area (Å²) in [6, 6.07) is 13.6. The van der Waals surface area contributed by atoms with Gasteiger partial charge in [-0.15, -0.1) is 0 Å². The van der Waals surface area contributed by atoms with Gasteiger partial charge < -0.3 is 21.1 Å². The molecule has 0 radical (unpaired) electrons. The van der Waals surface area contributed by atoms with Gasteiger partial charge in [-0.25, -0.2) is 4.98 Å². The Balaban J connectivity index is 2.17. The van der Waals surface area contributed by atoms with E-state index in [-0.39, 0.29) is 11.9 Å². The van der Waals surface area contributed by atoms with Crippen LogP contribution in [0.3, 0.4) is 0 Å². The molecule has 0 aliphatic rings. The average molecular weight is 417 g/mol. The molecule has 1 aromatic carbocycles. The third-order valence-electron chi connectivity index (χ3n) is 4.40. The van der Waals surface area contributed by atoms with E-state index in [2.05, 4.69) is 42.1 Å². The number of aromatic nitrogens is 1. The smallest absolute Gasteiger partial charge is 0.260 e. The monoisotopic (exact) mass is 416 g/mol. The number of nitrogens with zero attached hydrogens (tertiary/aromatic N) is 1. The van der Waals surface area contributed by atoms with Gasteiger partial charge in [0.1, 0.15) is 0 Å². The summed E-state index contributed by atoms with van der Waals surface area (Å²) in [5, 5.41) is 6.17. The molecule has 1 heterocycles. The van der Waals surface area contributed by atoms with Gasteiger partial charge in [-0.05, 0) is 31.4 Å². The summed E-state index contributed by atoms with van der Waals surface area (Å²) >= 11 is 4.22. The van der Waals surface area contributed by atoms with Crippen LogP contribution in [0.2, 0.25) is 0 Å². The lowest BCUT2D eigenvalue weighted by molar-refractivity contribution is -0.127. The molecule has 0 bridgehead atoms. The Morgan fingerprint density at radius 3 is 2.55 bits per heavy atom. The SMILES string of the molecule is CC(C)CCNC(=O)C(C)Oc1nc(-c2ccccc2)ccc1NCC(N)CS. The number of rotatable bonds is 11. The highest BCUT2D eigenvalue weighted by molar-refractivity contribution is 7.80. The van der Waals surface area contributed by atoms with Crippen LogP contribution in [0, 0.1) is 5.92 Å². The van der Waals surface area contributed by atoms with Gasteiger partial charge in [-0.2, -0.15) is 12.6 Å². The van der Waals surface area contributed by atoms with Crippen molar-refractivity contribution in [2.24, 2.45) is 11.7 Å².